The van der Waals surface area contributed by atoms with Crippen molar-refractivity contribution in [1.29, 1.82) is 0 Å². The van der Waals surface area contributed by atoms with E-state index in [9.17, 15) is 0 Å². The Hall–Kier alpha value is -1.58. The number of hydrogen-bond donors (Lipinski definition) is 1. The van der Waals surface area contributed by atoms with E-state index >= 15 is 0 Å². The molecule has 0 bridgehead atoms. The first-order valence-electron chi connectivity index (χ1n) is 7.57. The molecule has 2 unspecified atom stereocenters. The zero-order chi connectivity index (χ0) is 14.4. The molecule has 4 nitrogen and oxygen atoms in total. The standard InChI is InChI=1S/C16H24N4/c1-9-5-6-13(7-9)8-20-11(3)10(2)14-15(17)18-12(4)19-16(14)20/h9,13H,5-8H2,1-4H3,(H2,17,18,19). The second-order valence-corrected chi connectivity index (χ2v) is 6.46. The van der Waals surface area contributed by atoms with Crippen molar-refractivity contribution in [3.8, 4) is 0 Å². The molecule has 108 valence electrons. The molecule has 1 aliphatic carbocycles. The Kier molecular flexibility index (Phi) is 3.19. The van der Waals surface area contributed by atoms with E-state index in [1.807, 2.05) is 6.92 Å². The molecule has 3 rings (SSSR count). The van der Waals surface area contributed by atoms with Crippen LogP contribution in [0.3, 0.4) is 0 Å². The van der Waals surface area contributed by atoms with Crippen LogP contribution in [0.4, 0.5) is 5.82 Å². The SMILES string of the molecule is Cc1nc(N)c2c(C)c(C)n(CC3CCC(C)C3)c2n1. The molecule has 0 amide bonds. The molecule has 2 heterocycles. The summed E-state index contributed by atoms with van der Waals surface area (Å²) in [6.45, 7) is 9.63. The summed E-state index contributed by atoms with van der Waals surface area (Å²) in [4.78, 5) is 8.97. The van der Waals surface area contributed by atoms with Crippen molar-refractivity contribution in [3.05, 3.63) is 17.1 Å². The molecule has 2 N–H and O–H groups in total. The Morgan fingerprint density at radius 3 is 2.60 bits per heavy atom. The van der Waals surface area contributed by atoms with Gasteiger partial charge in [0.15, 0.2) is 0 Å². The van der Waals surface area contributed by atoms with Gasteiger partial charge in [-0.3, -0.25) is 0 Å². The molecule has 0 radical (unpaired) electrons. The average molecular weight is 272 g/mol. The van der Waals surface area contributed by atoms with Gasteiger partial charge in [0, 0.05) is 12.2 Å². The van der Waals surface area contributed by atoms with Crippen molar-refractivity contribution in [2.45, 2.75) is 53.5 Å². The number of nitrogen functional groups attached to an aromatic ring is 1. The first kappa shape index (κ1) is 13.4. The summed E-state index contributed by atoms with van der Waals surface area (Å²) < 4.78 is 2.36. The monoisotopic (exact) mass is 272 g/mol. The normalized spacial score (nSPS) is 22.8. The summed E-state index contributed by atoms with van der Waals surface area (Å²) in [7, 11) is 0. The Morgan fingerprint density at radius 1 is 1.20 bits per heavy atom. The fourth-order valence-corrected chi connectivity index (χ4v) is 3.65. The van der Waals surface area contributed by atoms with Crippen molar-refractivity contribution in [1.82, 2.24) is 14.5 Å². The lowest BCUT2D eigenvalue weighted by Crippen LogP contribution is -2.10. The number of aromatic nitrogens is 3. The fourth-order valence-electron chi connectivity index (χ4n) is 3.65. The van der Waals surface area contributed by atoms with Crippen molar-refractivity contribution in [3.63, 3.8) is 0 Å². The highest BCUT2D eigenvalue weighted by molar-refractivity contribution is 5.91. The molecule has 0 aliphatic heterocycles. The predicted molar refractivity (Wildman–Crippen MR) is 82.7 cm³/mol. The number of nitrogens with two attached hydrogens (primary N) is 1. The molecule has 1 fully saturated rings. The minimum atomic E-state index is 0.617. The second kappa shape index (κ2) is 4.76. The van der Waals surface area contributed by atoms with Gasteiger partial charge >= 0.3 is 0 Å². The molecule has 0 saturated heterocycles. The lowest BCUT2D eigenvalue weighted by Gasteiger charge is -2.14. The van der Waals surface area contributed by atoms with E-state index in [1.165, 1.54) is 30.5 Å². The summed E-state index contributed by atoms with van der Waals surface area (Å²) in [5.74, 6) is 3.01. The molecule has 20 heavy (non-hydrogen) atoms. The van der Waals surface area contributed by atoms with Gasteiger partial charge in [-0.2, -0.15) is 0 Å². The van der Waals surface area contributed by atoms with Gasteiger partial charge in [-0.05, 0) is 51.0 Å². The largest absolute Gasteiger partial charge is 0.383 e. The molecule has 1 saturated carbocycles. The second-order valence-electron chi connectivity index (χ2n) is 6.46. The maximum Gasteiger partial charge on any atom is 0.146 e. The third kappa shape index (κ3) is 2.07. The summed E-state index contributed by atoms with van der Waals surface area (Å²) >= 11 is 0. The maximum atomic E-state index is 6.11. The lowest BCUT2D eigenvalue weighted by atomic mass is 10.1. The van der Waals surface area contributed by atoms with Crippen LogP contribution in [0.1, 0.15) is 43.3 Å². The van der Waals surface area contributed by atoms with Gasteiger partial charge in [0.1, 0.15) is 17.3 Å². The first-order valence-corrected chi connectivity index (χ1v) is 7.57. The Morgan fingerprint density at radius 2 is 1.95 bits per heavy atom. The van der Waals surface area contributed by atoms with Crippen LogP contribution in [0.25, 0.3) is 11.0 Å². The summed E-state index contributed by atoms with van der Waals surface area (Å²) in [5, 5.41) is 1.04. The van der Waals surface area contributed by atoms with Crippen molar-refractivity contribution >= 4 is 16.9 Å². The van der Waals surface area contributed by atoms with E-state index in [4.69, 9.17) is 5.73 Å². The Labute approximate surface area is 120 Å². The maximum absolute atomic E-state index is 6.11. The van der Waals surface area contributed by atoms with Gasteiger partial charge in [-0.25, -0.2) is 9.97 Å². The number of aryl methyl sites for hydroxylation is 2. The van der Waals surface area contributed by atoms with E-state index in [1.54, 1.807) is 0 Å². The lowest BCUT2D eigenvalue weighted by molar-refractivity contribution is 0.442. The molecule has 0 aromatic carbocycles. The topological polar surface area (TPSA) is 56.7 Å². The van der Waals surface area contributed by atoms with E-state index in [0.717, 1.165) is 35.2 Å². The van der Waals surface area contributed by atoms with E-state index in [2.05, 4.69) is 35.3 Å². The highest BCUT2D eigenvalue weighted by Gasteiger charge is 2.24. The average Bonchev–Trinajstić information content (AvgIpc) is 2.87. The number of hydrogen-bond acceptors (Lipinski definition) is 3. The van der Waals surface area contributed by atoms with Crippen LogP contribution in [0.15, 0.2) is 0 Å². The molecule has 2 atom stereocenters. The van der Waals surface area contributed by atoms with Gasteiger partial charge in [-0.15, -0.1) is 0 Å². The highest BCUT2D eigenvalue weighted by atomic mass is 15.1. The zero-order valence-electron chi connectivity index (χ0n) is 12.9. The van der Waals surface area contributed by atoms with Crippen LogP contribution in [0, 0.1) is 32.6 Å². The van der Waals surface area contributed by atoms with Crippen LogP contribution >= 0.6 is 0 Å². The summed E-state index contributed by atoms with van der Waals surface area (Å²) in [6.07, 6.45) is 4.02. The summed E-state index contributed by atoms with van der Waals surface area (Å²) in [5.41, 5.74) is 9.63. The van der Waals surface area contributed by atoms with E-state index in [0.29, 0.717) is 5.82 Å². The molecule has 0 spiro atoms. The van der Waals surface area contributed by atoms with Crippen LogP contribution in [0.5, 0.6) is 0 Å². The van der Waals surface area contributed by atoms with Gasteiger partial charge < -0.3 is 10.3 Å². The molecular weight excluding hydrogens is 248 g/mol. The van der Waals surface area contributed by atoms with Crippen molar-refractivity contribution in [2.75, 3.05) is 5.73 Å². The van der Waals surface area contributed by atoms with Crippen molar-refractivity contribution < 1.29 is 0 Å². The van der Waals surface area contributed by atoms with E-state index < -0.39 is 0 Å². The first-order chi connectivity index (χ1) is 9.47. The highest BCUT2D eigenvalue weighted by Crippen LogP contribution is 2.34. The third-order valence-corrected chi connectivity index (χ3v) is 4.85. The van der Waals surface area contributed by atoms with Gasteiger partial charge in [-0.1, -0.05) is 13.3 Å². The fraction of sp³-hybridized carbons (Fsp3) is 0.625. The van der Waals surface area contributed by atoms with Crippen LogP contribution in [-0.2, 0) is 6.54 Å². The molecule has 2 aromatic rings. The minimum absolute atomic E-state index is 0.617. The Balaban J connectivity index is 2.08. The smallest absolute Gasteiger partial charge is 0.146 e. The molecular formula is C16H24N4. The quantitative estimate of drug-likeness (QED) is 0.911. The number of fused-ring (bicyclic) bond motifs is 1. The number of rotatable bonds is 2. The summed E-state index contributed by atoms with van der Waals surface area (Å²) in [6, 6.07) is 0. The third-order valence-electron chi connectivity index (χ3n) is 4.85. The Bertz CT molecular complexity index is 656. The van der Waals surface area contributed by atoms with Crippen molar-refractivity contribution in [2.24, 2.45) is 11.8 Å². The van der Waals surface area contributed by atoms with Gasteiger partial charge in [0.2, 0.25) is 0 Å². The molecule has 1 aliphatic rings. The van der Waals surface area contributed by atoms with Gasteiger partial charge in [0.05, 0.1) is 5.39 Å². The predicted octanol–water partition coefficient (Wildman–Crippen LogP) is 3.37. The number of anilines is 1. The van der Waals surface area contributed by atoms with Crippen LogP contribution in [0.2, 0.25) is 0 Å². The van der Waals surface area contributed by atoms with Crippen LogP contribution < -0.4 is 5.73 Å². The van der Waals surface area contributed by atoms with E-state index in [-0.39, 0.29) is 0 Å². The molecule has 4 heteroatoms. The van der Waals surface area contributed by atoms with Gasteiger partial charge in [0.25, 0.3) is 0 Å². The van der Waals surface area contributed by atoms with Crippen LogP contribution in [-0.4, -0.2) is 14.5 Å². The minimum Gasteiger partial charge on any atom is -0.383 e. The zero-order valence-corrected chi connectivity index (χ0v) is 12.9. The molecule has 2 aromatic heterocycles. The number of nitrogens with zero attached hydrogens (tertiary/aromatic N) is 3.